The molecule has 8 nitrogen and oxygen atoms in total. The van der Waals surface area contributed by atoms with Crippen molar-refractivity contribution in [3.05, 3.63) is 40.9 Å². The number of aromatic nitrogens is 3. The Hall–Kier alpha value is -3.03. The van der Waals surface area contributed by atoms with Gasteiger partial charge >= 0.3 is 0 Å². The normalized spacial score (nSPS) is 17.9. The van der Waals surface area contributed by atoms with Gasteiger partial charge in [0.1, 0.15) is 0 Å². The van der Waals surface area contributed by atoms with Gasteiger partial charge in [0, 0.05) is 79.4 Å². The Morgan fingerprint density at radius 1 is 1.08 bits per heavy atom. The highest BCUT2D eigenvalue weighted by molar-refractivity contribution is 7.19. The summed E-state index contributed by atoms with van der Waals surface area (Å²) in [5, 5.41) is 10.6. The van der Waals surface area contributed by atoms with Crippen LogP contribution in [0, 0.1) is 11.3 Å². The van der Waals surface area contributed by atoms with Crippen LogP contribution < -0.4 is 4.90 Å². The molecule has 0 unspecified atom stereocenters. The molecule has 5 heterocycles. The fourth-order valence-electron chi connectivity index (χ4n) is 5.23. The lowest BCUT2D eigenvalue weighted by molar-refractivity contribution is 0.105. The summed E-state index contributed by atoms with van der Waals surface area (Å²) in [6.45, 7) is 12.9. The van der Waals surface area contributed by atoms with Crippen molar-refractivity contribution < 1.29 is 4.74 Å². The highest BCUT2D eigenvalue weighted by Gasteiger charge is 2.23. The molecule has 36 heavy (non-hydrogen) atoms. The van der Waals surface area contributed by atoms with Gasteiger partial charge in [0.25, 0.3) is 0 Å². The molecule has 2 fully saturated rings. The number of morpholine rings is 1. The van der Waals surface area contributed by atoms with E-state index in [1.807, 2.05) is 35.7 Å². The van der Waals surface area contributed by atoms with Crippen molar-refractivity contribution >= 4 is 38.3 Å². The molecule has 1 N–H and O–H groups in total. The Morgan fingerprint density at radius 2 is 1.89 bits per heavy atom. The molecule has 0 aliphatic carbocycles. The summed E-state index contributed by atoms with van der Waals surface area (Å²) in [7, 11) is 0. The first-order valence-corrected chi connectivity index (χ1v) is 13.5. The Kier molecular flexibility index (Phi) is 6.36. The number of aromatic amines is 1. The first-order valence-electron chi connectivity index (χ1n) is 12.7. The minimum Gasteiger partial charge on any atom is -0.378 e. The van der Waals surface area contributed by atoms with Crippen molar-refractivity contribution in [3.63, 3.8) is 0 Å². The van der Waals surface area contributed by atoms with Gasteiger partial charge in [-0.05, 0) is 38.1 Å². The lowest BCUT2D eigenvalue weighted by Gasteiger charge is -2.36. The molecule has 6 rings (SSSR count). The molecule has 0 saturated carbocycles. The molecule has 1 aromatic carbocycles. The maximum absolute atomic E-state index is 9.61. The van der Waals surface area contributed by atoms with Crippen LogP contribution in [0.25, 0.3) is 32.5 Å². The number of piperazine rings is 1. The Labute approximate surface area is 215 Å². The van der Waals surface area contributed by atoms with Gasteiger partial charge in [-0.1, -0.05) is 0 Å². The number of nitriles is 1. The Bertz CT molecular complexity index is 1420. The topological polar surface area (TPSA) is 84.3 Å². The number of H-pyrrole nitrogens is 1. The van der Waals surface area contributed by atoms with Gasteiger partial charge in [0.2, 0.25) is 0 Å². The van der Waals surface area contributed by atoms with Crippen LogP contribution in [0.15, 0.2) is 30.5 Å². The maximum Gasteiger partial charge on any atom is 0.162 e. The molecule has 2 saturated heterocycles. The SMILES string of the molecule is CC(C)N1CCN(Cc2cc3nc(-c4cc(C#N)cc5[nH]ccc45)nc(N4CCOCC4)c3s2)CC1. The van der Waals surface area contributed by atoms with E-state index >= 15 is 0 Å². The van der Waals surface area contributed by atoms with Gasteiger partial charge in [-0.3, -0.25) is 9.80 Å². The summed E-state index contributed by atoms with van der Waals surface area (Å²) >= 11 is 1.81. The third-order valence-corrected chi connectivity index (χ3v) is 8.38. The Balaban J connectivity index is 1.40. The van der Waals surface area contributed by atoms with Gasteiger partial charge in [-0.2, -0.15) is 5.26 Å². The van der Waals surface area contributed by atoms with E-state index < -0.39 is 0 Å². The van der Waals surface area contributed by atoms with E-state index in [-0.39, 0.29) is 0 Å². The van der Waals surface area contributed by atoms with Gasteiger partial charge in [-0.15, -0.1) is 11.3 Å². The fraction of sp³-hybridized carbons (Fsp3) is 0.444. The summed E-state index contributed by atoms with van der Waals surface area (Å²) in [6, 6.07) is 10.9. The minimum absolute atomic E-state index is 0.600. The number of rotatable bonds is 5. The van der Waals surface area contributed by atoms with Crippen LogP contribution in [-0.4, -0.2) is 83.3 Å². The molecule has 0 atom stereocenters. The summed E-state index contributed by atoms with van der Waals surface area (Å²) in [6.07, 6.45) is 1.90. The van der Waals surface area contributed by atoms with Gasteiger partial charge in [0.15, 0.2) is 11.6 Å². The fourth-order valence-corrected chi connectivity index (χ4v) is 6.38. The molecule has 2 aliphatic heterocycles. The average molecular weight is 502 g/mol. The third-order valence-electron chi connectivity index (χ3n) is 7.27. The molecular weight excluding hydrogens is 470 g/mol. The van der Waals surface area contributed by atoms with Crippen LogP contribution in [0.1, 0.15) is 24.3 Å². The molecule has 3 aromatic heterocycles. The predicted octanol–water partition coefficient (Wildman–Crippen LogP) is 4.07. The van der Waals surface area contributed by atoms with Crippen molar-refractivity contribution in [1.82, 2.24) is 24.8 Å². The monoisotopic (exact) mass is 501 g/mol. The number of nitrogens with one attached hydrogen (secondary N) is 1. The number of thiophene rings is 1. The average Bonchev–Trinajstić information content (AvgIpc) is 3.54. The number of fused-ring (bicyclic) bond motifs is 2. The van der Waals surface area contributed by atoms with Gasteiger partial charge < -0.3 is 14.6 Å². The zero-order valence-electron chi connectivity index (χ0n) is 20.8. The molecular formula is C27H31N7OS. The van der Waals surface area contributed by atoms with Crippen LogP contribution >= 0.6 is 11.3 Å². The first kappa shape index (κ1) is 23.4. The van der Waals surface area contributed by atoms with E-state index in [4.69, 9.17) is 14.7 Å². The molecule has 0 spiro atoms. The van der Waals surface area contributed by atoms with Crippen molar-refractivity contribution in [2.45, 2.75) is 26.4 Å². The standard InChI is InChI=1S/C27H31N7OS/c1-18(2)33-7-5-32(6-8-33)17-20-15-24-25(36-20)27(34-9-11-35-12-10-34)31-26(30-24)22-13-19(16-28)14-23-21(22)3-4-29-23/h3-4,13-15,18,29H,5-12,17H2,1-2H3. The summed E-state index contributed by atoms with van der Waals surface area (Å²) in [5.74, 6) is 1.64. The second kappa shape index (κ2) is 9.79. The molecule has 4 aromatic rings. The van der Waals surface area contributed by atoms with E-state index in [0.29, 0.717) is 30.6 Å². The van der Waals surface area contributed by atoms with Crippen LogP contribution in [0.5, 0.6) is 0 Å². The number of hydrogen-bond acceptors (Lipinski definition) is 8. The number of ether oxygens (including phenoxy) is 1. The highest BCUT2D eigenvalue weighted by Crippen LogP contribution is 2.37. The Morgan fingerprint density at radius 3 is 2.64 bits per heavy atom. The van der Waals surface area contributed by atoms with Crippen LogP contribution in [0.2, 0.25) is 0 Å². The van der Waals surface area contributed by atoms with E-state index in [1.54, 1.807) is 0 Å². The van der Waals surface area contributed by atoms with Crippen LogP contribution in [0.4, 0.5) is 5.82 Å². The molecule has 0 bridgehead atoms. The summed E-state index contributed by atoms with van der Waals surface area (Å²) in [5.41, 5.74) is 3.39. The predicted molar refractivity (Wildman–Crippen MR) is 144 cm³/mol. The largest absolute Gasteiger partial charge is 0.378 e. The second-order valence-electron chi connectivity index (χ2n) is 9.88. The van der Waals surface area contributed by atoms with Crippen LogP contribution in [-0.2, 0) is 11.3 Å². The van der Waals surface area contributed by atoms with E-state index in [2.05, 4.69) is 45.7 Å². The van der Waals surface area contributed by atoms with Gasteiger partial charge in [-0.25, -0.2) is 9.97 Å². The minimum atomic E-state index is 0.600. The van der Waals surface area contributed by atoms with Crippen molar-refractivity contribution in [2.75, 3.05) is 57.4 Å². The smallest absolute Gasteiger partial charge is 0.162 e. The van der Waals surface area contributed by atoms with Crippen molar-refractivity contribution in [3.8, 4) is 17.5 Å². The zero-order valence-corrected chi connectivity index (χ0v) is 21.6. The maximum atomic E-state index is 9.61. The van der Waals surface area contributed by atoms with Crippen LogP contribution in [0.3, 0.4) is 0 Å². The second-order valence-corrected chi connectivity index (χ2v) is 11.0. The van der Waals surface area contributed by atoms with E-state index in [1.165, 1.54) is 4.88 Å². The quantitative estimate of drug-likeness (QED) is 0.441. The highest BCUT2D eigenvalue weighted by atomic mass is 32.1. The number of nitrogens with zero attached hydrogens (tertiary/aromatic N) is 6. The van der Waals surface area contributed by atoms with Gasteiger partial charge in [0.05, 0.1) is 35.1 Å². The van der Waals surface area contributed by atoms with E-state index in [0.717, 1.165) is 78.3 Å². The third kappa shape index (κ3) is 4.46. The summed E-state index contributed by atoms with van der Waals surface area (Å²) < 4.78 is 6.76. The molecule has 2 aliphatic rings. The number of anilines is 1. The molecule has 0 amide bonds. The lowest BCUT2D eigenvalue weighted by atomic mass is 10.1. The molecule has 9 heteroatoms. The zero-order chi connectivity index (χ0) is 24.6. The first-order chi connectivity index (χ1) is 17.6. The lowest BCUT2D eigenvalue weighted by Crippen LogP contribution is -2.48. The van der Waals surface area contributed by atoms with Crippen molar-refractivity contribution in [2.24, 2.45) is 0 Å². The van der Waals surface area contributed by atoms with Crippen molar-refractivity contribution in [1.29, 1.82) is 5.26 Å². The molecule has 186 valence electrons. The van der Waals surface area contributed by atoms with E-state index in [9.17, 15) is 5.26 Å². The molecule has 0 radical (unpaired) electrons. The summed E-state index contributed by atoms with van der Waals surface area (Å²) in [4.78, 5) is 22.1. The number of hydrogen-bond donors (Lipinski definition) is 1. The number of benzene rings is 1.